The van der Waals surface area contributed by atoms with Crippen molar-refractivity contribution in [3.05, 3.63) is 33.3 Å². The van der Waals surface area contributed by atoms with Crippen LogP contribution in [0, 0.1) is 10.1 Å². The summed E-state index contributed by atoms with van der Waals surface area (Å²) in [6.45, 7) is 0.0556. The number of carbonyl (C=O) groups excluding carboxylic acids is 1. The molecule has 0 bridgehead atoms. The summed E-state index contributed by atoms with van der Waals surface area (Å²) in [7, 11) is 0. The Morgan fingerprint density at radius 3 is 2.76 bits per heavy atom. The van der Waals surface area contributed by atoms with Crippen molar-refractivity contribution in [2.75, 3.05) is 11.4 Å². The monoisotopic (exact) mass is 256 g/mol. The van der Waals surface area contributed by atoms with Crippen LogP contribution in [0.2, 0.25) is 5.02 Å². The van der Waals surface area contributed by atoms with Crippen molar-refractivity contribution in [1.82, 2.24) is 0 Å². The van der Waals surface area contributed by atoms with Crippen LogP contribution in [0.5, 0.6) is 0 Å². The van der Waals surface area contributed by atoms with Crippen molar-refractivity contribution in [2.24, 2.45) is 0 Å². The SMILES string of the molecule is O=C1CC(O)CN1c1cc(Cl)ccc1[N+](=O)[O-]. The van der Waals surface area contributed by atoms with E-state index in [2.05, 4.69) is 0 Å². The van der Waals surface area contributed by atoms with Gasteiger partial charge in [-0.2, -0.15) is 0 Å². The number of amides is 1. The molecule has 0 spiro atoms. The fraction of sp³-hybridized carbons (Fsp3) is 0.300. The van der Waals surface area contributed by atoms with Crippen molar-refractivity contribution in [1.29, 1.82) is 0 Å². The van der Waals surface area contributed by atoms with Crippen LogP contribution in [-0.4, -0.2) is 28.6 Å². The molecule has 1 aliphatic heterocycles. The Kier molecular flexibility index (Phi) is 2.99. The van der Waals surface area contributed by atoms with E-state index in [1.54, 1.807) is 0 Å². The van der Waals surface area contributed by atoms with Gasteiger partial charge in [-0.1, -0.05) is 11.6 Å². The average molecular weight is 257 g/mol. The highest BCUT2D eigenvalue weighted by Crippen LogP contribution is 2.33. The smallest absolute Gasteiger partial charge is 0.293 e. The summed E-state index contributed by atoms with van der Waals surface area (Å²) in [5, 5.41) is 20.5. The van der Waals surface area contributed by atoms with Crippen LogP contribution < -0.4 is 4.90 Å². The number of carbonyl (C=O) groups is 1. The first kappa shape index (κ1) is 11.8. The number of benzene rings is 1. The molecule has 6 nitrogen and oxygen atoms in total. The zero-order valence-electron chi connectivity index (χ0n) is 8.67. The van der Waals surface area contributed by atoms with E-state index in [1.807, 2.05) is 0 Å². The van der Waals surface area contributed by atoms with E-state index in [9.17, 15) is 20.0 Å². The highest BCUT2D eigenvalue weighted by Gasteiger charge is 2.33. The lowest BCUT2D eigenvalue weighted by molar-refractivity contribution is -0.384. The lowest BCUT2D eigenvalue weighted by atomic mass is 10.2. The fourth-order valence-electron chi connectivity index (χ4n) is 1.79. The predicted molar refractivity (Wildman–Crippen MR) is 61.1 cm³/mol. The highest BCUT2D eigenvalue weighted by atomic mass is 35.5. The Balaban J connectivity index is 2.46. The molecule has 17 heavy (non-hydrogen) atoms. The van der Waals surface area contributed by atoms with E-state index >= 15 is 0 Å². The van der Waals surface area contributed by atoms with E-state index in [1.165, 1.54) is 23.1 Å². The molecule has 1 saturated heterocycles. The molecule has 1 unspecified atom stereocenters. The standard InChI is InChI=1S/C10H9ClN2O4/c11-6-1-2-8(13(16)17)9(3-6)12-5-7(14)4-10(12)15/h1-3,7,14H,4-5H2. The molecule has 0 saturated carbocycles. The van der Waals surface area contributed by atoms with Gasteiger partial charge in [0, 0.05) is 11.1 Å². The second-order valence-corrected chi connectivity index (χ2v) is 4.19. The maximum Gasteiger partial charge on any atom is 0.293 e. The first-order valence-corrected chi connectivity index (χ1v) is 5.29. The molecule has 1 aromatic carbocycles. The highest BCUT2D eigenvalue weighted by molar-refractivity contribution is 6.31. The Morgan fingerprint density at radius 1 is 1.53 bits per heavy atom. The van der Waals surface area contributed by atoms with Gasteiger partial charge >= 0.3 is 0 Å². The van der Waals surface area contributed by atoms with Gasteiger partial charge in [0.1, 0.15) is 5.69 Å². The lowest BCUT2D eigenvalue weighted by Crippen LogP contribution is -2.26. The Bertz CT molecular complexity index is 491. The molecule has 1 fully saturated rings. The van der Waals surface area contributed by atoms with Crippen LogP contribution in [0.4, 0.5) is 11.4 Å². The van der Waals surface area contributed by atoms with Gasteiger partial charge in [0.2, 0.25) is 5.91 Å². The fourth-order valence-corrected chi connectivity index (χ4v) is 1.96. The van der Waals surface area contributed by atoms with Crippen LogP contribution in [0.1, 0.15) is 6.42 Å². The minimum Gasteiger partial charge on any atom is -0.391 e. The number of halogens is 1. The second-order valence-electron chi connectivity index (χ2n) is 3.75. The van der Waals surface area contributed by atoms with Crippen molar-refractivity contribution >= 4 is 28.9 Å². The van der Waals surface area contributed by atoms with Gasteiger partial charge in [0.05, 0.1) is 24.0 Å². The van der Waals surface area contributed by atoms with Crippen LogP contribution in [0.3, 0.4) is 0 Å². The number of hydrogen-bond acceptors (Lipinski definition) is 4. The summed E-state index contributed by atoms with van der Waals surface area (Å²) in [4.78, 5) is 23.0. The Morgan fingerprint density at radius 2 is 2.24 bits per heavy atom. The number of hydrogen-bond donors (Lipinski definition) is 1. The molecule has 1 heterocycles. The first-order valence-electron chi connectivity index (χ1n) is 4.91. The third-order valence-electron chi connectivity index (χ3n) is 2.53. The molecule has 1 amide bonds. The summed E-state index contributed by atoms with van der Waals surface area (Å²) >= 11 is 5.76. The molecule has 0 aromatic heterocycles. The topological polar surface area (TPSA) is 83.7 Å². The number of β-amino-alcohol motifs (C(OH)–C–C–N with tert-alkyl or cyclic N) is 1. The molecular weight excluding hydrogens is 248 g/mol. The molecule has 90 valence electrons. The summed E-state index contributed by atoms with van der Waals surface area (Å²) in [5.74, 6) is -0.345. The summed E-state index contributed by atoms with van der Waals surface area (Å²) < 4.78 is 0. The normalized spacial score (nSPS) is 19.8. The average Bonchev–Trinajstić information content (AvgIpc) is 2.57. The summed E-state index contributed by atoms with van der Waals surface area (Å²) in [5.41, 5.74) is -0.0686. The van der Waals surface area contributed by atoms with Gasteiger partial charge in [-0.05, 0) is 12.1 Å². The zero-order chi connectivity index (χ0) is 12.6. The van der Waals surface area contributed by atoms with Gasteiger partial charge in [0.15, 0.2) is 0 Å². The van der Waals surface area contributed by atoms with Gasteiger partial charge in [0.25, 0.3) is 5.69 Å². The second kappa shape index (κ2) is 4.31. The third-order valence-corrected chi connectivity index (χ3v) is 2.76. The molecule has 2 rings (SSSR count). The number of nitro benzene ring substituents is 1. The number of aliphatic hydroxyl groups excluding tert-OH is 1. The number of nitrogens with zero attached hydrogens (tertiary/aromatic N) is 2. The van der Waals surface area contributed by atoms with Crippen molar-refractivity contribution in [2.45, 2.75) is 12.5 Å². The molecule has 1 aromatic rings. The number of anilines is 1. The van der Waals surface area contributed by atoms with Gasteiger partial charge in [-0.3, -0.25) is 14.9 Å². The zero-order valence-corrected chi connectivity index (χ0v) is 9.42. The van der Waals surface area contributed by atoms with Crippen LogP contribution >= 0.6 is 11.6 Å². The minimum absolute atomic E-state index is 0.0241. The van der Waals surface area contributed by atoms with Gasteiger partial charge in [-0.25, -0.2) is 0 Å². The van der Waals surface area contributed by atoms with Crippen molar-refractivity contribution in [3.8, 4) is 0 Å². The van der Waals surface area contributed by atoms with Crippen LogP contribution in [0.15, 0.2) is 18.2 Å². The van der Waals surface area contributed by atoms with Crippen LogP contribution in [-0.2, 0) is 4.79 Å². The number of rotatable bonds is 2. The van der Waals surface area contributed by atoms with E-state index < -0.39 is 11.0 Å². The molecule has 7 heteroatoms. The number of aliphatic hydroxyl groups is 1. The first-order chi connectivity index (χ1) is 7.99. The molecule has 0 aliphatic carbocycles. The molecule has 1 aliphatic rings. The minimum atomic E-state index is -0.791. The van der Waals surface area contributed by atoms with Gasteiger partial charge in [-0.15, -0.1) is 0 Å². The third kappa shape index (κ3) is 2.22. The molecule has 1 atom stereocenters. The predicted octanol–water partition coefficient (Wildman–Crippen LogP) is 1.35. The summed E-state index contributed by atoms with van der Waals surface area (Å²) in [6.07, 6.45) is -0.815. The summed E-state index contributed by atoms with van der Waals surface area (Å²) in [6, 6.07) is 3.99. The Hall–Kier alpha value is -1.66. The van der Waals surface area contributed by atoms with E-state index in [0.29, 0.717) is 5.02 Å². The van der Waals surface area contributed by atoms with E-state index in [-0.39, 0.29) is 30.2 Å². The largest absolute Gasteiger partial charge is 0.391 e. The van der Waals surface area contributed by atoms with Crippen molar-refractivity contribution < 1.29 is 14.8 Å². The maximum atomic E-state index is 11.6. The molecule has 0 radical (unpaired) electrons. The lowest BCUT2D eigenvalue weighted by Gasteiger charge is -2.15. The number of nitro groups is 1. The van der Waals surface area contributed by atoms with E-state index in [4.69, 9.17) is 11.6 Å². The van der Waals surface area contributed by atoms with Crippen LogP contribution in [0.25, 0.3) is 0 Å². The Labute approximate surface area is 102 Å². The quantitative estimate of drug-likeness (QED) is 0.639. The van der Waals surface area contributed by atoms with E-state index in [0.717, 1.165) is 0 Å². The molecular formula is C10H9ClN2O4. The van der Waals surface area contributed by atoms with Crippen molar-refractivity contribution in [3.63, 3.8) is 0 Å². The molecule has 1 N–H and O–H groups in total. The maximum absolute atomic E-state index is 11.6. The van der Waals surface area contributed by atoms with Gasteiger partial charge < -0.3 is 10.0 Å².